The first-order chi connectivity index (χ1) is 22.4. The monoisotopic (exact) mass is 730 g/mol. The van der Waals surface area contributed by atoms with E-state index in [1.54, 1.807) is 60.7 Å². The summed E-state index contributed by atoms with van der Waals surface area (Å²) in [5.41, 5.74) is 4.05. The maximum absolute atomic E-state index is 13.4. The number of benzene rings is 6. The van der Waals surface area contributed by atoms with Gasteiger partial charge < -0.3 is 9.47 Å². The Balaban J connectivity index is 1.55. The highest BCUT2D eigenvalue weighted by Gasteiger charge is 2.27. The third-order valence-corrected chi connectivity index (χ3v) is 8.90. The third kappa shape index (κ3) is 6.32. The Kier molecular flexibility index (Phi) is 9.29. The van der Waals surface area contributed by atoms with E-state index in [4.69, 9.17) is 9.47 Å². The second-order valence-corrected chi connectivity index (χ2v) is 12.5. The highest BCUT2D eigenvalue weighted by atomic mass is 79.9. The molecule has 0 amide bonds. The Morgan fingerprint density at radius 3 is 1.26 bits per heavy atom. The number of halogens is 2. The highest BCUT2D eigenvalue weighted by molar-refractivity contribution is 9.10. The second kappa shape index (κ2) is 13.7. The summed E-state index contributed by atoms with van der Waals surface area (Å²) >= 11 is 6.84. The Labute approximate surface area is 284 Å². The lowest BCUT2D eigenvalue weighted by molar-refractivity contribution is 0.0381. The van der Waals surface area contributed by atoms with Crippen molar-refractivity contribution in [3.63, 3.8) is 0 Å². The van der Waals surface area contributed by atoms with Crippen molar-refractivity contribution in [2.75, 3.05) is 0 Å². The van der Waals surface area contributed by atoms with Gasteiger partial charge in [0.05, 0.1) is 11.1 Å². The molecule has 226 valence electrons. The van der Waals surface area contributed by atoms with Crippen LogP contribution in [0.25, 0.3) is 32.7 Å². The molecule has 0 aromatic heterocycles. The number of esters is 2. The topological polar surface area (TPSA) is 52.6 Å². The number of hydrogen-bond acceptors (Lipinski definition) is 4. The standard InChI is InChI=1S/C40H28Br2O4/c1-3-35(45-39(43)27-13-19-29(41)20-14-27)33-23-17-25-9-5-7-11-31(25)37(33)38-32-12-8-6-10-26(32)18-24-34(38)36(4-2)46-40(44)28-15-21-30(42)22-16-28/h3-24,35-36H,1-2H2/t35-,36+. The number of fused-ring (bicyclic) bond motifs is 2. The molecule has 0 heterocycles. The minimum absolute atomic E-state index is 0.426. The van der Waals surface area contributed by atoms with Gasteiger partial charge in [0.25, 0.3) is 0 Å². The molecule has 0 bridgehead atoms. The molecule has 0 radical (unpaired) electrons. The van der Waals surface area contributed by atoms with Crippen molar-refractivity contribution in [2.45, 2.75) is 12.2 Å². The van der Waals surface area contributed by atoms with Crippen LogP contribution >= 0.6 is 31.9 Å². The number of carbonyl (C=O) groups excluding carboxylic acids is 2. The van der Waals surface area contributed by atoms with Crippen LogP contribution in [0.15, 0.2) is 156 Å². The van der Waals surface area contributed by atoms with Gasteiger partial charge in [0, 0.05) is 20.1 Å². The second-order valence-electron chi connectivity index (χ2n) is 10.6. The molecule has 46 heavy (non-hydrogen) atoms. The first-order valence-corrected chi connectivity index (χ1v) is 16.2. The van der Waals surface area contributed by atoms with Gasteiger partial charge in [-0.15, -0.1) is 0 Å². The zero-order valence-corrected chi connectivity index (χ0v) is 27.8. The molecule has 0 N–H and O–H groups in total. The molecule has 6 aromatic carbocycles. The van der Waals surface area contributed by atoms with E-state index < -0.39 is 24.1 Å². The van der Waals surface area contributed by atoms with Crippen molar-refractivity contribution in [1.82, 2.24) is 0 Å². The summed E-state index contributed by atoms with van der Waals surface area (Å²) in [4.78, 5) is 26.7. The van der Waals surface area contributed by atoms with Crippen LogP contribution in [0, 0.1) is 0 Å². The van der Waals surface area contributed by atoms with Crippen molar-refractivity contribution in [2.24, 2.45) is 0 Å². The predicted molar refractivity (Wildman–Crippen MR) is 192 cm³/mol. The van der Waals surface area contributed by atoms with E-state index in [-0.39, 0.29) is 0 Å². The van der Waals surface area contributed by atoms with Crippen LogP contribution in [0.2, 0.25) is 0 Å². The van der Waals surface area contributed by atoms with Crippen LogP contribution in [-0.2, 0) is 9.47 Å². The van der Waals surface area contributed by atoms with Crippen LogP contribution in [0.3, 0.4) is 0 Å². The summed E-state index contributed by atoms with van der Waals surface area (Å²) in [6.07, 6.45) is 1.70. The quantitative estimate of drug-likeness (QED) is 0.110. The lowest BCUT2D eigenvalue weighted by Gasteiger charge is -2.25. The first kappa shape index (κ1) is 31.2. The zero-order valence-electron chi connectivity index (χ0n) is 24.7. The summed E-state index contributed by atoms with van der Waals surface area (Å²) in [5.74, 6) is -0.941. The fraction of sp³-hybridized carbons (Fsp3) is 0.0500. The van der Waals surface area contributed by atoms with Crippen molar-refractivity contribution in [1.29, 1.82) is 0 Å². The van der Waals surface area contributed by atoms with Gasteiger partial charge in [-0.1, -0.05) is 118 Å². The molecule has 4 nitrogen and oxygen atoms in total. The number of ether oxygens (including phenoxy) is 2. The van der Waals surface area contributed by atoms with Gasteiger partial charge in [-0.2, -0.15) is 0 Å². The molecule has 0 saturated carbocycles. The van der Waals surface area contributed by atoms with Crippen molar-refractivity contribution < 1.29 is 19.1 Å². The molecule has 6 aromatic rings. The largest absolute Gasteiger partial charge is 0.450 e. The lowest BCUT2D eigenvalue weighted by atomic mass is 9.84. The maximum atomic E-state index is 13.4. The van der Waals surface area contributed by atoms with Gasteiger partial charge >= 0.3 is 11.9 Å². The van der Waals surface area contributed by atoms with E-state index in [0.717, 1.165) is 52.7 Å². The van der Waals surface area contributed by atoms with E-state index in [1.165, 1.54) is 0 Å². The zero-order chi connectivity index (χ0) is 32.2. The molecule has 0 unspecified atom stereocenters. The van der Waals surface area contributed by atoms with E-state index in [2.05, 4.69) is 45.0 Å². The molecular weight excluding hydrogens is 704 g/mol. The molecule has 0 spiro atoms. The fourth-order valence-electron chi connectivity index (χ4n) is 5.62. The van der Waals surface area contributed by atoms with Crippen LogP contribution in [-0.4, -0.2) is 11.9 Å². The van der Waals surface area contributed by atoms with Gasteiger partial charge in [0.1, 0.15) is 12.2 Å². The summed E-state index contributed by atoms with van der Waals surface area (Å²) < 4.78 is 14.0. The smallest absolute Gasteiger partial charge is 0.339 e. The van der Waals surface area contributed by atoms with E-state index in [9.17, 15) is 9.59 Å². The van der Waals surface area contributed by atoms with Gasteiger partial charge in [-0.25, -0.2) is 9.59 Å². The molecule has 2 atom stereocenters. The number of carbonyl (C=O) groups is 2. The minimum Gasteiger partial charge on any atom is -0.450 e. The Morgan fingerprint density at radius 2 is 0.891 bits per heavy atom. The Morgan fingerprint density at radius 1 is 0.522 bits per heavy atom. The summed E-state index contributed by atoms with van der Waals surface area (Å²) in [6.45, 7) is 8.11. The SMILES string of the molecule is C=C[C@H](OC(=O)c1ccc(Br)cc1)c1ccc2ccccc2c1-c1c([C@@H](C=C)OC(=O)c2ccc(Br)cc2)ccc2ccccc12. The van der Waals surface area contributed by atoms with E-state index in [0.29, 0.717) is 11.1 Å². The average Bonchev–Trinajstić information content (AvgIpc) is 3.09. The van der Waals surface area contributed by atoms with E-state index in [1.807, 2.05) is 72.8 Å². The fourth-order valence-corrected chi connectivity index (χ4v) is 6.15. The molecule has 0 saturated heterocycles. The lowest BCUT2D eigenvalue weighted by Crippen LogP contribution is -2.13. The van der Waals surface area contributed by atoms with Crippen molar-refractivity contribution >= 4 is 65.3 Å². The summed E-state index contributed by atoms with van der Waals surface area (Å²) in [5, 5.41) is 3.91. The van der Waals surface area contributed by atoms with Crippen molar-refractivity contribution in [3.05, 3.63) is 178 Å². The molecule has 0 aliphatic carbocycles. The van der Waals surface area contributed by atoms with E-state index >= 15 is 0 Å². The van der Waals surface area contributed by atoms with Crippen molar-refractivity contribution in [3.8, 4) is 11.1 Å². The Bertz CT molecular complexity index is 1950. The molecular formula is C40H28Br2O4. The van der Waals surface area contributed by atoms with Gasteiger partial charge in [0.2, 0.25) is 0 Å². The minimum atomic E-state index is -0.782. The molecule has 0 aliphatic heterocycles. The Hall–Kier alpha value is -4.78. The normalized spacial score (nSPS) is 12.3. The highest BCUT2D eigenvalue weighted by Crippen LogP contribution is 2.44. The maximum Gasteiger partial charge on any atom is 0.339 e. The molecule has 0 fully saturated rings. The van der Waals surface area contributed by atoms with Gasteiger partial charge in [-0.3, -0.25) is 0 Å². The van der Waals surface area contributed by atoms with Gasteiger partial charge in [0.15, 0.2) is 0 Å². The summed E-state index contributed by atoms with van der Waals surface area (Å²) in [7, 11) is 0. The molecule has 0 aliphatic rings. The van der Waals surface area contributed by atoms with Gasteiger partial charge in [-0.05, 0) is 93.4 Å². The van der Waals surface area contributed by atoms with Crippen LogP contribution in [0.1, 0.15) is 44.1 Å². The first-order valence-electron chi connectivity index (χ1n) is 14.6. The van der Waals surface area contributed by atoms with Crippen LogP contribution < -0.4 is 0 Å². The number of hydrogen-bond donors (Lipinski definition) is 0. The van der Waals surface area contributed by atoms with Crippen LogP contribution in [0.5, 0.6) is 0 Å². The van der Waals surface area contributed by atoms with Crippen LogP contribution in [0.4, 0.5) is 0 Å². The molecule has 6 heteroatoms. The summed E-state index contributed by atoms with van der Waals surface area (Å²) in [6, 6.07) is 38.2. The molecule has 6 rings (SSSR count). The third-order valence-electron chi connectivity index (χ3n) is 7.84. The predicted octanol–water partition coefficient (Wildman–Crippen LogP) is 11.4. The number of rotatable bonds is 9. The average molecular weight is 732 g/mol.